The van der Waals surface area contributed by atoms with E-state index in [2.05, 4.69) is 21.3 Å². The van der Waals surface area contributed by atoms with Gasteiger partial charge in [0.25, 0.3) is 0 Å². The maximum Gasteiger partial charge on any atom is 0.248 e. The van der Waals surface area contributed by atoms with Crippen molar-refractivity contribution in [1.82, 2.24) is 21.3 Å². The van der Waals surface area contributed by atoms with E-state index in [-0.39, 0.29) is 12.5 Å². The van der Waals surface area contributed by atoms with Crippen LogP contribution in [0.25, 0.3) is 0 Å². The fourth-order valence-corrected chi connectivity index (χ4v) is 1.95. The molecule has 0 aliphatic rings. The molecule has 0 aliphatic heterocycles. The molecule has 8 nitrogen and oxygen atoms in total. The highest BCUT2D eigenvalue weighted by molar-refractivity contribution is 5.93. The minimum Gasteiger partial charge on any atom is -0.366 e. The van der Waals surface area contributed by atoms with Gasteiger partial charge in [0.15, 0.2) is 0 Å². The summed E-state index contributed by atoms with van der Waals surface area (Å²) in [6, 6.07) is 5.33. The highest BCUT2D eigenvalue weighted by Gasteiger charge is 2.07. The van der Waals surface area contributed by atoms with E-state index in [0.717, 1.165) is 11.1 Å². The van der Waals surface area contributed by atoms with Crippen LogP contribution >= 0.6 is 0 Å². The van der Waals surface area contributed by atoms with Gasteiger partial charge < -0.3 is 21.1 Å². The van der Waals surface area contributed by atoms with E-state index in [1.807, 2.05) is 6.07 Å². The van der Waals surface area contributed by atoms with Gasteiger partial charge in [-0.25, -0.2) is 0 Å². The van der Waals surface area contributed by atoms with E-state index in [1.165, 1.54) is 0 Å². The fraction of sp³-hybridized carbons (Fsp3) is 0.467. The Kier molecular flexibility index (Phi) is 8.85. The molecule has 0 unspecified atom stereocenters. The average Bonchev–Trinajstić information content (AvgIpc) is 2.53. The molecule has 0 heterocycles. The second kappa shape index (κ2) is 10.7. The number of nitrogens with one attached hydrogen (secondary N) is 4. The molecule has 0 radical (unpaired) electrons. The van der Waals surface area contributed by atoms with Gasteiger partial charge in [-0.2, -0.15) is 0 Å². The predicted octanol–water partition coefficient (Wildman–Crippen LogP) is -1.14. The van der Waals surface area contributed by atoms with Gasteiger partial charge >= 0.3 is 0 Å². The van der Waals surface area contributed by atoms with Crippen molar-refractivity contribution in [3.63, 3.8) is 0 Å². The van der Waals surface area contributed by atoms with Gasteiger partial charge in [-0.3, -0.25) is 20.2 Å². The second-order valence-corrected chi connectivity index (χ2v) is 4.98. The van der Waals surface area contributed by atoms with Crippen molar-refractivity contribution in [1.29, 1.82) is 0 Å². The van der Waals surface area contributed by atoms with Gasteiger partial charge in [0.2, 0.25) is 11.8 Å². The Morgan fingerprint density at radius 1 is 1.04 bits per heavy atom. The number of hydrogen-bond donors (Lipinski definition) is 5. The van der Waals surface area contributed by atoms with Gasteiger partial charge in [0.05, 0.1) is 20.0 Å². The molecular formula is C15H25N5O3. The number of carbonyl (C=O) groups is 2. The molecule has 1 aromatic rings. The third-order valence-corrected chi connectivity index (χ3v) is 2.94. The molecule has 0 fully saturated rings. The van der Waals surface area contributed by atoms with Crippen LogP contribution in [0.4, 0.5) is 0 Å². The normalized spacial score (nSPS) is 10.5. The van der Waals surface area contributed by atoms with E-state index < -0.39 is 5.91 Å². The molecule has 0 atom stereocenters. The van der Waals surface area contributed by atoms with Crippen LogP contribution in [0.15, 0.2) is 18.2 Å². The topological polar surface area (TPSA) is 118 Å². The van der Waals surface area contributed by atoms with Crippen molar-refractivity contribution >= 4 is 11.8 Å². The maximum absolute atomic E-state index is 11.5. The Balaban J connectivity index is 2.66. The van der Waals surface area contributed by atoms with Crippen LogP contribution in [-0.4, -0.2) is 45.9 Å². The van der Waals surface area contributed by atoms with Crippen LogP contribution in [0.5, 0.6) is 0 Å². The Morgan fingerprint density at radius 2 is 1.74 bits per heavy atom. The van der Waals surface area contributed by atoms with Crippen LogP contribution in [0.1, 0.15) is 21.5 Å². The van der Waals surface area contributed by atoms with Gasteiger partial charge in [-0.15, -0.1) is 0 Å². The lowest BCUT2D eigenvalue weighted by Crippen LogP contribution is -2.31. The SMILES string of the molecule is CNCOCNCc1cc(CNC(=O)CNC)cc(C(N)=O)c1. The van der Waals surface area contributed by atoms with Crippen LogP contribution in [0, 0.1) is 0 Å². The number of likely N-dealkylation sites (N-methyl/N-ethyl adjacent to an activating group) is 1. The monoisotopic (exact) mass is 323 g/mol. The van der Waals surface area contributed by atoms with E-state index in [9.17, 15) is 9.59 Å². The molecule has 8 heteroatoms. The summed E-state index contributed by atoms with van der Waals surface area (Å²) in [5, 5.41) is 11.5. The van der Waals surface area contributed by atoms with Gasteiger partial charge in [-0.05, 0) is 37.4 Å². The first-order chi connectivity index (χ1) is 11.1. The summed E-state index contributed by atoms with van der Waals surface area (Å²) < 4.78 is 5.24. The summed E-state index contributed by atoms with van der Waals surface area (Å²) in [7, 11) is 3.50. The molecule has 128 valence electrons. The highest BCUT2D eigenvalue weighted by atomic mass is 16.5. The number of benzene rings is 1. The van der Waals surface area contributed by atoms with Gasteiger partial charge in [-0.1, -0.05) is 6.07 Å². The number of rotatable bonds is 11. The molecule has 1 rings (SSSR count). The van der Waals surface area contributed by atoms with Crippen LogP contribution in [0.2, 0.25) is 0 Å². The van der Waals surface area contributed by atoms with E-state index >= 15 is 0 Å². The third kappa shape index (κ3) is 7.71. The molecule has 0 spiro atoms. The van der Waals surface area contributed by atoms with Crippen molar-refractivity contribution < 1.29 is 14.3 Å². The lowest BCUT2D eigenvalue weighted by Gasteiger charge is -2.11. The summed E-state index contributed by atoms with van der Waals surface area (Å²) in [4.78, 5) is 22.9. The largest absolute Gasteiger partial charge is 0.366 e. The maximum atomic E-state index is 11.5. The molecule has 1 aromatic carbocycles. The minimum atomic E-state index is -0.499. The third-order valence-electron chi connectivity index (χ3n) is 2.94. The summed E-state index contributed by atoms with van der Waals surface area (Å²) in [5.74, 6) is -0.613. The lowest BCUT2D eigenvalue weighted by atomic mass is 10.0. The molecule has 0 saturated heterocycles. The quantitative estimate of drug-likeness (QED) is 0.260. The molecule has 2 amide bonds. The zero-order chi connectivity index (χ0) is 17.1. The molecule has 6 N–H and O–H groups in total. The molecule has 0 aromatic heterocycles. The first-order valence-corrected chi connectivity index (χ1v) is 7.33. The summed E-state index contributed by atoms with van der Waals surface area (Å²) in [6.07, 6.45) is 0. The Hall–Kier alpha value is -2.00. The molecule has 23 heavy (non-hydrogen) atoms. The fourth-order valence-electron chi connectivity index (χ4n) is 1.95. The lowest BCUT2D eigenvalue weighted by molar-refractivity contribution is -0.120. The molecular weight excluding hydrogens is 298 g/mol. The number of nitrogens with two attached hydrogens (primary N) is 1. The number of amides is 2. The van der Waals surface area contributed by atoms with E-state index in [1.54, 1.807) is 26.2 Å². The molecule has 0 saturated carbocycles. The Bertz CT molecular complexity index is 522. The predicted molar refractivity (Wildman–Crippen MR) is 87.5 cm³/mol. The number of ether oxygens (including phenoxy) is 1. The average molecular weight is 323 g/mol. The minimum absolute atomic E-state index is 0.114. The first-order valence-electron chi connectivity index (χ1n) is 7.33. The van der Waals surface area contributed by atoms with Crippen molar-refractivity contribution in [2.45, 2.75) is 13.1 Å². The van der Waals surface area contributed by atoms with Crippen LogP contribution in [0.3, 0.4) is 0 Å². The van der Waals surface area contributed by atoms with Crippen molar-refractivity contribution in [3.8, 4) is 0 Å². The van der Waals surface area contributed by atoms with Crippen LogP contribution in [-0.2, 0) is 22.6 Å². The van der Waals surface area contributed by atoms with E-state index in [0.29, 0.717) is 32.1 Å². The highest BCUT2D eigenvalue weighted by Crippen LogP contribution is 2.10. The smallest absolute Gasteiger partial charge is 0.248 e. The number of hydrogen-bond acceptors (Lipinski definition) is 6. The molecule has 0 aliphatic carbocycles. The van der Waals surface area contributed by atoms with E-state index in [4.69, 9.17) is 10.5 Å². The molecule has 0 bridgehead atoms. The zero-order valence-corrected chi connectivity index (χ0v) is 13.6. The number of primary amides is 1. The summed E-state index contributed by atoms with van der Waals surface area (Å²) in [5.41, 5.74) is 7.49. The van der Waals surface area contributed by atoms with Crippen molar-refractivity contribution in [2.75, 3.05) is 34.1 Å². The zero-order valence-electron chi connectivity index (χ0n) is 13.6. The van der Waals surface area contributed by atoms with Crippen molar-refractivity contribution in [3.05, 3.63) is 34.9 Å². The second-order valence-electron chi connectivity index (χ2n) is 4.98. The Labute approximate surface area is 136 Å². The van der Waals surface area contributed by atoms with Crippen LogP contribution < -0.4 is 27.0 Å². The number of carbonyl (C=O) groups excluding carboxylic acids is 2. The Morgan fingerprint density at radius 3 is 2.35 bits per heavy atom. The van der Waals surface area contributed by atoms with Crippen molar-refractivity contribution in [2.24, 2.45) is 5.73 Å². The van der Waals surface area contributed by atoms with Gasteiger partial charge in [0.1, 0.15) is 0 Å². The first kappa shape index (κ1) is 19.0. The summed E-state index contributed by atoms with van der Waals surface area (Å²) in [6.45, 7) is 1.95. The van der Waals surface area contributed by atoms with Gasteiger partial charge in [0, 0.05) is 18.7 Å². The standard InChI is InChI=1S/C15H25N5O3/c1-17-8-14(21)20-7-12-3-11(4-13(5-12)15(16)22)6-19-10-23-9-18-2/h3-5,17-19H,6-10H2,1-2H3,(H2,16,22)(H,20,21). The summed E-state index contributed by atoms with van der Waals surface area (Å²) >= 11 is 0.